The first-order valence-corrected chi connectivity index (χ1v) is 3.21. The molecule has 0 saturated heterocycles. The molecule has 0 radical (unpaired) electrons. The van der Waals surface area contributed by atoms with Crippen molar-refractivity contribution in [2.75, 3.05) is 0 Å². The molecule has 0 aliphatic carbocycles. The molecule has 0 aromatic carbocycles. The fraction of sp³-hybridized carbons (Fsp3) is 0.833. The Balaban J connectivity index is 0. The van der Waals surface area contributed by atoms with Gasteiger partial charge in [0.1, 0.15) is 6.10 Å². The van der Waals surface area contributed by atoms with Crippen LogP contribution in [-0.2, 0) is 4.79 Å². The van der Waals surface area contributed by atoms with E-state index in [1.165, 1.54) is 0 Å². The van der Waals surface area contributed by atoms with Crippen molar-refractivity contribution < 1.29 is 66.4 Å². The van der Waals surface area contributed by atoms with Crippen LogP contribution >= 0.6 is 0 Å². The normalized spacial score (nSPS) is 14.8. The number of aliphatic hydroxyl groups excluding tert-OH is 1. The smallest absolute Gasteiger partial charge is 0.672 e. The average molecular weight is 185 g/mol. The van der Waals surface area contributed by atoms with Gasteiger partial charge in [-0.2, -0.15) is 0 Å². The van der Waals surface area contributed by atoms with Gasteiger partial charge >= 0.3 is 57.4 Å². The monoisotopic (exact) mass is 185 g/mol. The predicted octanol–water partition coefficient (Wildman–Crippen LogP) is -2.34. The minimum absolute atomic E-state index is 0. The van der Waals surface area contributed by atoms with E-state index in [0.717, 1.165) is 6.42 Å². The van der Waals surface area contributed by atoms with Gasteiger partial charge < -0.3 is 15.9 Å². The summed E-state index contributed by atoms with van der Waals surface area (Å²) in [5.74, 6) is -1.31. The van der Waals surface area contributed by atoms with Gasteiger partial charge in [-0.25, -0.2) is 4.79 Å². The maximum absolute atomic E-state index is 10.0. The molecule has 0 spiro atoms. The van der Waals surface area contributed by atoms with Crippen LogP contribution in [0.25, 0.3) is 5.73 Å². The molecule has 0 fully saturated rings. The molecule has 0 saturated carbocycles. The Morgan fingerprint density at radius 2 is 2.09 bits per heavy atom. The zero-order chi connectivity index (χ0) is 8.15. The Bertz CT molecular complexity index is 120. The van der Waals surface area contributed by atoms with Crippen LogP contribution in [0.4, 0.5) is 0 Å². The Labute approximate surface area is 109 Å². The van der Waals surface area contributed by atoms with E-state index in [0.29, 0.717) is 6.42 Å². The van der Waals surface area contributed by atoms with Crippen LogP contribution in [0.15, 0.2) is 0 Å². The van der Waals surface area contributed by atoms with Crippen molar-refractivity contribution in [3.63, 3.8) is 0 Å². The Morgan fingerprint density at radius 1 is 1.64 bits per heavy atom. The first kappa shape index (κ1) is 14.5. The van der Waals surface area contributed by atoms with Gasteiger partial charge in [-0.05, 0) is 0 Å². The minimum Gasteiger partial charge on any atom is -0.672 e. The molecule has 11 heavy (non-hydrogen) atoms. The van der Waals surface area contributed by atoms with Gasteiger partial charge in [0.25, 0.3) is 0 Å². The number of rotatable bonds is 4. The van der Waals surface area contributed by atoms with E-state index < -0.39 is 18.1 Å². The molecule has 0 amide bonds. The average Bonchev–Trinajstić information content (AvgIpc) is 1.87. The minimum atomic E-state index is -1.53. The Hall–Kier alpha value is 1.03. The Morgan fingerprint density at radius 3 is 2.36 bits per heavy atom. The standard InChI is InChI=1S/C6H12NO3.K/c1-2-3-4(7)5(8)6(9)10;/h4-5,7-8H,2-3H2,1H3,(H,9,10);/q-1;+1. The van der Waals surface area contributed by atoms with E-state index in [1.807, 2.05) is 6.92 Å². The quantitative estimate of drug-likeness (QED) is 0.481. The first-order valence-electron chi connectivity index (χ1n) is 3.21. The van der Waals surface area contributed by atoms with Gasteiger partial charge in [0.15, 0.2) is 0 Å². The van der Waals surface area contributed by atoms with E-state index in [2.05, 4.69) is 0 Å². The van der Waals surface area contributed by atoms with Gasteiger partial charge in [0, 0.05) is 0 Å². The van der Waals surface area contributed by atoms with E-state index in [9.17, 15) is 4.79 Å². The van der Waals surface area contributed by atoms with Crippen LogP contribution in [-0.4, -0.2) is 28.3 Å². The summed E-state index contributed by atoms with van der Waals surface area (Å²) < 4.78 is 0. The predicted molar refractivity (Wildman–Crippen MR) is 36.7 cm³/mol. The topological polar surface area (TPSA) is 81.3 Å². The molecule has 0 aromatic heterocycles. The molecule has 3 N–H and O–H groups in total. The molecule has 0 aliphatic rings. The second kappa shape index (κ2) is 7.66. The number of aliphatic carboxylic acids is 1. The zero-order valence-corrected chi connectivity index (χ0v) is 9.99. The van der Waals surface area contributed by atoms with Crippen molar-refractivity contribution in [1.82, 2.24) is 0 Å². The second-order valence-electron chi connectivity index (χ2n) is 2.18. The molecule has 2 atom stereocenters. The molecule has 0 heterocycles. The number of aliphatic hydroxyl groups is 1. The molecule has 2 unspecified atom stereocenters. The fourth-order valence-electron chi connectivity index (χ4n) is 0.641. The van der Waals surface area contributed by atoms with Crippen molar-refractivity contribution in [3.8, 4) is 0 Å². The first-order chi connectivity index (χ1) is 4.59. The van der Waals surface area contributed by atoms with Gasteiger partial charge in [0.2, 0.25) is 0 Å². The van der Waals surface area contributed by atoms with Crippen LogP contribution in [0.3, 0.4) is 0 Å². The number of nitrogens with one attached hydrogen (secondary N) is 1. The van der Waals surface area contributed by atoms with Crippen molar-refractivity contribution in [2.45, 2.75) is 31.9 Å². The summed E-state index contributed by atoms with van der Waals surface area (Å²) in [6.07, 6.45) is -0.383. The third-order valence-corrected chi connectivity index (χ3v) is 1.23. The summed E-state index contributed by atoms with van der Waals surface area (Å²) in [4.78, 5) is 10.0. The van der Waals surface area contributed by atoms with E-state index in [-0.39, 0.29) is 51.4 Å². The SMILES string of the molecule is CCCC([NH-])C(O)C(=O)O.[K+]. The number of carboxylic acids is 1. The molecule has 0 aromatic rings. The van der Waals surface area contributed by atoms with Crippen LogP contribution in [0.5, 0.6) is 0 Å². The molecule has 5 heteroatoms. The zero-order valence-electron chi connectivity index (χ0n) is 6.87. The van der Waals surface area contributed by atoms with Gasteiger partial charge in [0.05, 0.1) is 0 Å². The molecule has 0 bridgehead atoms. The van der Waals surface area contributed by atoms with Gasteiger partial charge in [-0.15, -0.1) is 6.04 Å². The summed E-state index contributed by atoms with van der Waals surface area (Å²) in [7, 11) is 0. The van der Waals surface area contributed by atoms with Crippen molar-refractivity contribution in [3.05, 3.63) is 5.73 Å². The summed E-state index contributed by atoms with van der Waals surface area (Å²) in [6, 6.07) is -0.887. The number of hydrogen-bond donors (Lipinski definition) is 2. The fourth-order valence-corrected chi connectivity index (χ4v) is 0.641. The molecule has 0 rings (SSSR count). The van der Waals surface area contributed by atoms with E-state index >= 15 is 0 Å². The summed E-state index contributed by atoms with van der Waals surface area (Å²) in [6.45, 7) is 1.84. The van der Waals surface area contributed by atoms with Crippen LogP contribution in [0, 0.1) is 0 Å². The van der Waals surface area contributed by atoms with Crippen LogP contribution in [0.1, 0.15) is 19.8 Å². The summed E-state index contributed by atoms with van der Waals surface area (Å²) in [5, 5.41) is 16.9. The van der Waals surface area contributed by atoms with Crippen molar-refractivity contribution >= 4 is 5.97 Å². The molecule has 4 nitrogen and oxygen atoms in total. The summed E-state index contributed by atoms with van der Waals surface area (Å²) in [5.41, 5.74) is 7.08. The largest absolute Gasteiger partial charge is 1.00 e. The molecule has 0 aliphatic heterocycles. The number of hydrogen-bond acceptors (Lipinski definition) is 2. The third-order valence-electron chi connectivity index (χ3n) is 1.23. The van der Waals surface area contributed by atoms with E-state index in [4.69, 9.17) is 15.9 Å². The van der Waals surface area contributed by atoms with Gasteiger partial charge in [-0.3, -0.25) is 0 Å². The molecule has 60 valence electrons. The van der Waals surface area contributed by atoms with Crippen molar-refractivity contribution in [2.24, 2.45) is 0 Å². The summed E-state index contributed by atoms with van der Waals surface area (Å²) >= 11 is 0. The Kier molecular flexibility index (Phi) is 10.1. The number of carbonyl (C=O) groups is 1. The third kappa shape index (κ3) is 6.21. The van der Waals surface area contributed by atoms with E-state index in [1.54, 1.807) is 0 Å². The maximum Gasteiger partial charge on any atom is 1.00 e. The molecular weight excluding hydrogens is 173 g/mol. The van der Waals surface area contributed by atoms with Gasteiger partial charge in [-0.1, -0.05) is 19.8 Å². The van der Waals surface area contributed by atoms with Crippen LogP contribution < -0.4 is 51.4 Å². The molecular formula is C6H12KNO3. The maximum atomic E-state index is 10.0. The number of carboxylic acid groups (broad SMARTS) is 1. The second-order valence-corrected chi connectivity index (χ2v) is 2.18. The van der Waals surface area contributed by atoms with Crippen molar-refractivity contribution in [1.29, 1.82) is 0 Å². The van der Waals surface area contributed by atoms with Crippen LogP contribution in [0.2, 0.25) is 0 Å².